The fourth-order valence-corrected chi connectivity index (χ4v) is 4.83. The van der Waals surface area contributed by atoms with Gasteiger partial charge >= 0.3 is 33.3 Å². The molecule has 0 bridgehead atoms. The molecule has 3 rings (SSSR count). The van der Waals surface area contributed by atoms with Crippen LogP contribution >= 0.6 is 32.0 Å². The van der Waals surface area contributed by atoms with Crippen LogP contribution in [-0.4, -0.2) is 22.9 Å². The molecule has 1 heterocycles. The van der Waals surface area contributed by atoms with E-state index >= 15 is 0 Å². The van der Waals surface area contributed by atoms with Crippen molar-refractivity contribution < 1.29 is 13.1 Å². The molecule has 0 amide bonds. The minimum atomic E-state index is 0.194. The van der Waals surface area contributed by atoms with Crippen LogP contribution < -0.4 is 0 Å². The summed E-state index contributed by atoms with van der Waals surface area (Å²) < 4.78 is 0. The van der Waals surface area contributed by atoms with Crippen LogP contribution in [0.25, 0.3) is 0 Å². The molecule has 2 unspecified atom stereocenters. The number of aliphatic imine (C=N–C) groups is 2. The molecule has 1 aliphatic heterocycles. The maximum atomic E-state index is 4.83. The van der Waals surface area contributed by atoms with Crippen molar-refractivity contribution in [2.24, 2.45) is 9.98 Å². The van der Waals surface area contributed by atoms with Crippen LogP contribution in [0.3, 0.4) is 0 Å². The normalized spacial score (nSPS) is 18.2. The van der Waals surface area contributed by atoms with Crippen molar-refractivity contribution in [1.29, 1.82) is 0 Å². The van der Waals surface area contributed by atoms with Crippen LogP contribution in [0.2, 0.25) is 0 Å². The van der Waals surface area contributed by atoms with E-state index in [1.54, 1.807) is 0 Å². The fraction of sp³-hybridized carbons (Fsp3) is 0.308. The second kappa shape index (κ2) is 13.4. The summed E-state index contributed by atoms with van der Waals surface area (Å²) in [6.45, 7) is 12.8. The number of halogens is 2. The number of hydrogen-bond acceptors (Lipinski definition) is 3. The molecule has 0 saturated carbocycles. The minimum absolute atomic E-state index is 0.194. The molecule has 2 nitrogen and oxygen atoms in total. The Kier molecular flexibility index (Phi) is 11.3. The first-order chi connectivity index (χ1) is 15.2. The second-order valence-electron chi connectivity index (χ2n) is 7.94. The maximum absolute atomic E-state index is 4.83. The van der Waals surface area contributed by atoms with E-state index in [-0.39, 0.29) is 23.6 Å². The zero-order valence-corrected chi connectivity index (χ0v) is 22.8. The molecule has 6 heteroatoms. The van der Waals surface area contributed by atoms with Gasteiger partial charge in [-0.15, -0.1) is 11.8 Å². The van der Waals surface area contributed by atoms with Gasteiger partial charge in [0, 0.05) is 12.4 Å². The van der Waals surface area contributed by atoms with E-state index in [1.165, 1.54) is 33.4 Å². The van der Waals surface area contributed by atoms with Crippen molar-refractivity contribution in [1.82, 2.24) is 0 Å². The molecule has 1 aliphatic rings. The summed E-state index contributed by atoms with van der Waals surface area (Å²) >= 11 is 2.04. The van der Waals surface area contributed by atoms with Crippen molar-refractivity contribution in [3.05, 3.63) is 82.0 Å². The Bertz CT molecular complexity index is 917. The number of allylic oxidation sites excluding steroid dienone is 2. The molecule has 0 N–H and O–H groups in total. The monoisotopic (exact) mass is 528 g/mol. The number of thioether (sulfide) groups is 1. The number of rotatable bonds is 4. The molecule has 0 saturated heterocycles. The quantitative estimate of drug-likeness (QED) is 0.288. The Morgan fingerprint density at radius 1 is 0.688 bits per heavy atom. The average Bonchev–Trinajstić information content (AvgIpc) is 2.92. The Morgan fingerprint density at radius 2 is 1.00 bits per heavy atom. The predicted molar refractivity (Wildman–Crippen MR) is 143 cm³/mol. The first kappa shape index (κ1) is 27.0. The molecule has 0 spiro atoms. The summed E-state index contributed by atoms with van der Waals surface area (Å²) in [6.07, 6.45) is 12.7. The first-order valence-electron chi connectivity index (χ1n) is 10.3. The van der Waals surface area contributed by atoms with Crippen molar-refractivity contribution in [3.63, 3.8) is 0 Å². The third kappa shape index (κ3) is 8.24. The number of aryl methyl sites for hydroxylation is 6. The van der Waals surface area contributed by atoms with Crippen LogP contribution in [-0.2, 0) is 13.1 Å². The summed E-state index contributed by atoms with van der Waals surface area (Å²) in [5.74, 6) is 0. The second-order valence-corrected chi connectivity index (χ2v) is 11.1. The van der Waals surface area contributed by atoms with Gasteiger partial charge in [0.2, 0.25) is 0 Å². The van der Waals surface area contributed by atoms with E-state index in [1.807, 2.05) is 11.8 Å². The number of hydrogen-bond donors (Lipinski definition) is 0. The molecule has 32 heavy (non-hydrogen) atoms. The van der Waals surface area contributed by atoms with Gasteiger partial charge in [0.25, 0.3) is 0 Å². The Morgan fingerprint density at radius 3 is 1.31 bits per heavy atom. The van der Waals surface area contributed by atoms with Crippen molar-refractivity contribution in [2.45, 2.75) is 52.0 Å². The van der Waals surface area contributed by atoms with Gasteiger partial charge in [-0.25, -0.2) is 0 Å². The van der Waals surface area contributed by atoms with Crippen molar-refractivity contribution >= 4 is 55.8 Å². The van der Waals surface area contributed by atoms with Crippen LogP contribution in [0.1, 0.15) is 33.4 Å². The molecule has 0 fully saturated rings. The van der Waals surface area contributed by atoms with E-state index in [9.17, 15) is 0 Å². The molecule has 2 atom stereocenters. The van der Waals surface area contributed by atoms with Crippen LogP contribution in [0, 0.1) is 41.5 Å². The molecule has 2 aromatic carbocycles. The van der Waals surface area contributed by atoms with Gasteiger partial charge in [-0.05, 0) is 63.8 Å². The first-order valence-corrected chi connectivity index (χ1v) is 14.3. The molecular weight excluding hydrogens is 499 g/mol. The Balaban J connectivity index is 0.00000114. The van der Waals surface area contributed by atoms with Gasteiger partial charge in [-0.1, -0.05) is 59.7 Å². The molecule has 2 aromatic rings. The Hall–Kier alpha value is -1.29. The standard InChI is InChI=1S/C26H30N2S.2ClH.Fe/c1-17-11-19(3)25(20(4)12-17)27-15-23-9-7-8-10-24(29-23)16-28-26-21(5)13-18(2)14-22(26)6;;;/h7-16,23-24H,1-6H3;2*1H;/q;;;+2/p-2. The van der Waals surface area contributed by atoms with Crippen LogP contribution in [0.5, 0.6) is 0 Å². The zero-order chi connectivity index (χ0) is 23.7. The third-order valence-electron chi connectivity index (χ3n) is 5.00. The van der Waals surface area contributed by atoms with E-state index in [2.05, 4.69) is 103 Å². The van der Waals surface area contributed by atoms with Crippen LogP contribution in [0.15, 0.2) is 58.6 Å². The summed E-state index contributed by atoms with van der Waals surface area (Å²) in [5.41, 5.74) is 9.63. The molecular formula is C26H30Cl2FeN2S. The molecule has 0 radical (unpaired) electrons. The average molecular weight is 529 g/mol. The number of benzene rings is 2. The summed E-state index contributed by atoms with van der Waals surface area (Å²) in [5, 5.41) is 0.420. The topological polar surface area (TPSA) is 24.7 Å². The summed E-state index contributed by atoms with van der Waals surface area (Å²) in [4.78, 5) is 9.67. The molecule has 0 aliphatic carbocycles. The Labute approximate surface area is 211 Å². The van der Waals surface area contributed by atoms with Gasteiger partial charge in [0.05, 0.1) is 21.9 Å². The number of nitrogens with zero attached hydrogens (tertiary/aromatic N) is 2. The summed E-state index contributed by atoms with van der Waals surface area (Å²) in [7, 11) is 9.53. The third-order valence-corrected chi connectivity index (χ3v) is 6.19. The van der Waals surface area contributed by atoms with E-state index < -0.39 is 0 Å². The van der Waals surface area contributed by atoms with Crippen molar-refractivity contribution in [2.75, 3.05) is 0 Å². The molecule has 0 aromatic heterocycles. The SMILES string of the molecule is Cc1cc(C)c(N=CC2C=CC=CC(C=Nc3c(C)cc(C)cc3C)S2)c(C)c1.[Cl][Fe][Cl]. The van der Waals surface area contributed by atoms with E-state index in [4.69, 9.17) is 30.2 Å². The predicted octanol–water partition coefficient (Wildman–Crippen LogP) is 8.61. The van der Waals surface area contributed by atoms with E-state index in [0.717, 1.165) is 11.4 Å². The summed E-state index contributed by atoms with van der Waals surface area (Å²) in [6, 6.07) is 8.77. The van der Waals surface area contributed by atoms with Crippen LogP contribution in [0.4, 0.5) is 11.4 Å². The van der Waals surface area contributed by atoms with Gasteiger partial charge in [0.1, 0.15) is 0 Å². The molecule has 172 valence electrons. The van der Waals surface area contributed by atoms with Gasteiger partial charge in [-0.3, -0.25) is 9.98 Å². The van der Waals surface area contributed by atoms with E-state index in [0.29, 0.717) is 0 Å². The van der Waals surface area contributed by atoms with Gasteiger partial charge < -0.3 is 0 Å². The zero-order valence-electron chi connectivity index (χ0n) is 19.3. The fourth-order valence-electron chi connectivity index (χ4n) is 3.84. The van der Waals surface area contributed by atoms with Crippen molar-refractivity contribution in [3.8, 4) is 0 Å². The van der Waals surface area contributed by atoms with Gasteiger partial charge in [-0.2, -0.15) is 0 Å². The van der Waals surface area contributed by atoms with Gasteiger partial charge in [0.15, 0.2) is 0 Å².